The predicted octanol–water partition coefficient (Wildman–Crippen LogP) is 0.844. The van der Waals surface area contributed by atoms with Gasteiger partial charge in [0.15, 0.2) is 0 Å². The zero-order valence-electron chi connectivity index (χ0n) is 10.3. The van der Waals surface area contributed by atoms with Crippen LogP contribution in [0.3, 0.4) is 0 Å². The number of hydrogen-bond donors (Lipinski definition) is 2. The maximum absolute atomic E-state index is 6.29. The Hall–Kier alpha value is -0.650. The molecule has 1 aromatic rings. The highest BCUT2D eigenvalue weighted by molar-refractivity contribution is 6.31. The lowest BCUT2D eigenvalue weighted by molar-refractivity contribution is -0.00368. The molecule has 4 nitrogen and oxygen atoms in total. The predicted molar refractivity (Wildman–Crippen MR) is 73.3 cm³/mol. The number of nitrogens with one attached hydrogen (secondary N) is 1. The molecule has 2 atom stereocenters. The average Bonchev–Trinajstić information content (AvgIpc) is 2.43. The number of fused-ring (bicyclic) bond motifs is 3. The van der Waals surface area contributed by atoms with E-state index < -0.39 is 0 Å². The summed E-state index contributed by atoms with van der Waals surface area (Å²) in [6.07, 6.45) is 0. The highest BCUT2D eigenvalue weighted by atomic mass is 35.5. The van der Waals surface area contributed by atoms with Crippen molar-refractivity contribution >= 4 is 11.6 Å². The molecule has 0 saturated carbocycles. The average molecular weight is 267 g/mol. The SMILES string of the molecule is NNC(c1ccccc1Cl)C1CN2CCN1CC2. The smallest absolute Gasteiger partial charge is 0.0642 e. The second kappa shape index (κ2) is 5.15. The van der Waals surface area contributed by atoms with Crippen LogP contribution in [-0.2, 0) is 0 Å². The zero-order valence-corrected chi connectivity index (χ0v) is 11.1. The molecule has 2 unspecified atom stereocenters. The third-order valence-electron chi connectivity index (χ3n) is 4.13. The molecule has 3 saturated heterocycles. The van der Waals surface area contributed by atoms with E-state index in [-0.39, 0.29) is 6.04 Å². The van der Waals surface area contributed by atoms with Gasteiger partial charge in [0.1, 0.15) is 0 Å². The van der Waals surface area contributed by atoms with Crippen molar-refractivity contribution in [2.24, 2.45) is 5.84 Å². The summed E-state index contributed by atoms with van der Waals surface area (Å²) < 4.78 is 0. The van der Waals surface area contributed by atoms with E-state index in [0.29, 0.717) is 6.04 Å². The van der Waals surface area contributed by atoms with E-state index in [1.165, 1.54) is 13.1 Å². The normalized spacial score (nSPS) is 32.4. The van der Waals surface area contributed by atoms with Gasteiger partial charge in [0.2, 0.25) is 0 Å². The first kappa shape index (κ1) is 12.4. The van der Waals surface area contributed by atoms with Crippen molar-refractivity contribution in [1.82, 2.24) is 15.2 Å². The largest absolute Gasteiger partial charge is 0.299 e. The first-order chi connectivity index (χ1) is 8.79. The molecule has 3 fully saturated rings. The van der Waals surface area contributed by atoms with Gasteiger partial charge in [-0.1, -0.05) is 29.8 Å². The van der Waals surface area contributed by atoms with Gasteiger partial charge in [0.05, 0.1) is 6.04 Å². The molecule has 0 aromatic heterocycles. The van der Waals surface area contributed by atoms with Gasteiger partial charge >= 0.3 is 0 Å². The third-order valence-corrected chi connectivity index (χ3v) is 4.47. The molecule has 0 radical (unpaired) electrons. The Bertz CT molecular complexity index is 417. The molecule has 98 valence electrons. The maximum Gasteiger partial charge on any atom is 0.0642 e. The summed E-state index contributed by atoms with van der Waals surface area (Å²) in [5.41, 5.74) is 4.06. The number of hydrazine groups is 1. The van der Waals surface area contributed by atoms with Gasteiger partial charge in [-0.2, -0.15) is 0 Å². The van der Waals surface area contributed by atoms with Gasteiger partial charge in [0.25, 0.3) is 0 Å². The lowest BCUT2D eigenvalue weighted by Gasteiger charge is -2.50. The fourth-order valence-electron chi connectivity index (χ4n) is 3.11. The van der Waals surface area contributed by atoms with Crippen molar-refractivity contribution in [2.75, 3.05) is 32.7 Å². The third kappa shape index (κ3) is 2.15. The minimum atomic E-state index is 0.0989. The molecule has 0 spiro atoms. The molecule has 2 bridgehead atoms. The minimum Gasteiger partial charge on any atom is -0.299 e. The van der Waals surface area contributed by atoms with Crippen molar-refractivity contribution in [2.45, 2.75) is 12.1 Å². The van der Waals surface area contributed by atoms with Crippen molar-refractivity contribution in [3.05, 3.63) is 34.9 Å². The Labute approximate surface area is 113 Å². The molecular weight excluding hydrogens is 248 g/mol. The number of nitrogens with zero attached hydrogens (tertiary/aromatic N) is 2. The van der Waals surface area contributed by atoms with Gasteiger partial charge < -0.3 is 0 Å². The Morgan fingerprint density at radius 2 is 1.94 bits per heavy atom. The molecule has 18 heavy (non-hydrogen) atoms. The fourth-order valence-corrected chi connectivity index (χ4v) is 3.36. The Balaban J connectivity index is 1.87. The van der Waals surface area contributed by atoms with E-state index in [0.717, 1.165) is 30.2 Å². The highest BCUT2D eigenvalue weighted by Gasteiger charge is 2.37. The first-order valence-electron chi connectivity index (χ1n) is 6.46. The zero-order chi connectivity index (χ0) is 12.5. The molecule has 3 N–H and O–H groups in total. The molecule has 0 amide bonds. The van der Waals surface area contributed by atoms with E-state index in [1.807, 2.05) is 18.2 Å². The summed E-state index contributed by atoms with van der Waals surface area (Å²) >= 11 is 6.29. The van der Waals surface area contributed by atoms with Crippen LogP contribution < -0.4 is 11.3 Å². The quantitative estimate of drug-likeness (QED) is 0.629. The monoisotopic (exact) mass is 266 g/mol. The molecule has 5 heteroatoms. The molecule has 3 aliphatic heterocycles. The molecule has 0 aliphatic carbocycles. The summed E-state index contributed by atoms with van der Waals surface area (Å²) in [4.78, 5) is 5.03. The number of nitrogens with two attached hydrogens (primary N) is 1. The molecule has 1 aromatic carbocycles. The molecule has 4 rings (SSSR count). The lowest BCUT2D eigenvalue weighted by Crippen LogP contribution is -2.64. The molecule has 3 heterocycles. The van der Waals surface area contributed by atoms with Crippen molar-refractivity contribution < 1.29 is 0 Å². The topological polar surface area (TPSA) is 44.5 Å². The molecular formula is C13H19ClN4. The van der Waals surface area contributed by atoms with Crippen LogP contribution in [0.5, 0.6) is 0 Å². The van der Waals surface area contributed by atoms with Crippen molar-refractivity contribution in [3.8, 4) is 0 Å². The first-order valence-corrected chi connectivity index (χ1v) is 6.84. The second-order valence-corrected chi connectivity index (χ2v) is 5.48. The van der Waals surface area contributed by atoms with Gasteiger partial charge in [-0.25, -0.2) is 0 Å². The van der Waals surface area contributed by atoms with Crippen LogP contribution in [-0.4, -0.2) is 48.6 Å². The van der Waals surface area contributed by atoms with Crippen LogP contribution in [0.4, 0.5) is 0 Å². The van der Waals surface area contributed by atoms with Crippen LogP contribution in [0.15, 0.2) is 24.3 Å². The number of halogens is 1. The summed E-state index contributed by atoms with van der Waals surface area (Å²) in [6, 6.07) is 8.47. The van der Waals surface area contributed by atoms with E-state index >= 15 is 0 Å². The van der Waals surface area contributed by atoms with E-state index in [1.54, 1.807) is 0 Å². The van der Waals surface area contributed by atoms with Gasteiger partial charge in [-0.3, -0.25) is 21.1 Å². The Kier molecular flexibility index (Phi) is 3.54. The van der Waals surface area contributed by atoms with Crippen LogP contribution in [0.2, 0.25) is 5.02 Å². The van der Waals surface area contributed by atoms with E-state index in [2.05, 4.69) is 21.3 Å². The number of hydrogen-bond acceptors (Lipinski definition) is 4. The standard InChI is InChI=1S/C13H19ClN4/c14-11-4-2-1-3-10(11)13(16-15)12-9-17-5-7-18(12)8-6-17/h1-4,12-13,16H,5-9,15H2. The van der Waals surface area contributed by atoms with Gasteiger partial charge in [-0.05, 0) is 11.6 Å². The number of rotatable bonds is 3. The summed E-state index contributed by atoms with van der Waals surface area (Å²) in [7, 11) is 0. The summed E-state index contributed by atoms with van der Waals surface area (Å²) in [6.45, 7) is 5.69. The van der Waals surface area contributed by atoms with Crippen LogP contribution in [0.25, 0.3) is 0 Å². The maximum atomic E-state index is 6.29. The Morgan fingerprint density at radius 3 is 2.50 bits per heavy atom. The van der Waals surface area contributed by atoms with E-state index in [4.69, 9.17) is 17.4 Å². The summed E-state index contributed by atoms with van der Waals surface area (Å²) in [5.74, 6) is 5.78. The van der Waals surface area contributed by atoms with Crippen molar-refractivity contribution in [3.63, 3.8) is 0 Å². The highest BCUT2D eigenvalue weighted by Crippen LogP contribution is 2.30. The van der Waals surface area contributed by atoms with Gasteiger partial charge in [-0.15, -0.1) is 0 Å². The number of piperazine rings is 3. The second-order valence-electron chi connectivity index (χ2n) is 5.07. The van der Waals surface area contributed by atoms with E-state index in [9.17, 15) is 0 Å². The Morgan fingerprint density at radius 1 is 1.22 bits per heavy atom. The lowest BCUT2D eigenvalue weighted by atomic mass is 9.94. The van der Waals surface area contributed by atoms with Crippen molar-refractivity contribution in [1.29, 1.82) is 0 Å². The summed E-state index contributed by atoms with van der Waals surface area (Å²) in [5, 5.41) is 0.790. The van der Waals surface area contributed by atoms with Crippen LogP contribution in [0, 0.1) is 0 Å². The molecule has 3 aliphatic rings. The number of benzene rings is 1. The van der Waals surface area contributed by atoms with Crippen LogP contribution in [0.1, 0.15) is 11.6 Å². The minimum absolute atomic E-state index is 0.0989. The van der Waals surface area contributed by atoms with Gasteiger partial charge in [0, 0.05) is 43.8 Å². The van der Waals surface area contributed by atoms with Crippen LogP contribution >= 0.6 is 11.6 Å². The fraction of sp³-hybridized carbons (Fsp3) is 0.538.